The van der Waals surface area contributed by atoms with Crippen LogP contribution in [0.15, 0.2) is 36.5 Å². The van der Waals surface area contributed by atoms with Crippen LogP contribution in [0.5, 0.6) is 0 Å². The van der Waals surface area contributed by atoms with Gasteiger partial charge in [-0.25, -0.2) is 9.37 Å². The van der Waals surface area contributed by atoms with E-state index in [2.05, 4.69) is 10.3 Å². The van der Waals surface area contributed by atoms with Crippen molar-refractivity contribution in [3.05, 3.63) is 56.6 Å². The molecule has 0 aliphatic rings. The third-order valence-corrected chi connectivity index (χ3v) is 3.32. The molecule has 1 aromatic carbocycles. The number of rotatable bonds is 2. The maximum atomic E-state index is 13.1. The van der Waals surface area contributed by atoms with Gasteiger partial charge in [0.15, 0.2) is 0 Å². The van der Waals surface area contributed by atoms with Crippen molar-refractivity contribution in [2.24, 2.45) is 0 Å². The number of hydrogen-bond acceptors (Lipinski definition) is 2. The summed E-state index contributed by atoms with van der Waals surface area (Å²) in [5, 5.41) is 2.96. The topological polar surface area (TPSA) is 42.0 Å². The number of halogens is 3. The second kappa shape index (κ2) is 5.62. The number of aromatic nitrogens is 1. The van der Waals surface area contributed by atoms with Crippen LogP contribution < -0.4 is 5.32 Å². The van der Waals surface area contributed by atoms with E-state index in [9.17, 15) is 9.18 Å². The summed E-state index contributed by atoms with van der Waals surface area (Å²) in [5.41, 5.74) is 0.787. The van der Waals surface area contributed by atoms with Gasteiger partial charge in [-0.1, -0.05) is 11.6 Å². The number of benzene rings is 1. The molecule has 0 saturated carbocycles. The van der Waals surface area contributed by atoms with Gasteiger partial charge in [0, 0.05) is 3.57 Å². The average molecular weight is 377 g/mol. The quantitative estimate of drug-likeness (QED) is 0.641. The van der Waals surface area contributed by atoms with Crippen molar-refractivity contribution in [1.29, 1.82) is 0 Å². The maximum absolute atomic E-state index is 13.1. The third-order valence-electron chi connectivity index (χ3n) is 2.16. The zero-order valence-electron chi connectivity index (χ0n) is 8.95. The lowest BCUT2D eigenvalue weighted by atomic mass is 10.2. The summed E-state index contributed by atoms with van der Waals surface area (Å²) in [4.78, 5) is 15.8. The molecule has 18 heavy (non-hydrogen) atoms. The van der Waals surface area contributed by atoms with E-state index in [1.54, 1.807) is 18.2 Å². The van der Waals surface area contributed by atoms with Gasteiger partial charge in [-0.3, -0.25) is 4.79 Å². The normalized spacial score (nSPS) is 10.2. The molecular weight excluding hydrogens is 369 g/mol. The minimum absolute atomic E-state index is 0.283. The van der Waals surface area contributed by atoms with Gasteiger partial charge in [0.2, 0.25) is 0 Å². The number of anilines is 1. The van der Waals surface area contributed by atoms with E-state index in [0.717, 1.165) is 0 Å². The molecule has 2 rings (SSSR count). The molecule has 0 unspecified atom stereocenters. The molecule has 1 amide bonds. The Hall–Kier alpha value is -1.21. The molecule has 0 fully saturated rings. The van der Waals surface area contributed by atoms with Gasteiger partial charge in [-0.15, -0.1) is 0 Å². The molecule has 3 nitrogen and oxygen atoms in total. The van der Waals surface area contributed by atoms with Crippen molar-refractivity contribution in [3.8, 4) is 0 Å². The maximum Gasteiger partial charge on any atom is 0.256 e. The van der Waals surface area contributed by atoms with E-state index in [0.29, 0.717) is 14.4 Å². The van der Waals surface area contributed by atoms with Crippen LogP contribution >= 0.6 is 34.2 Å². The van der Waals surface area contributed by atoms with E-state index in [1.165, 1.54) is 18.3 Å². The molecular formula is C12H7ClFIN2O. The van der Waals surface area contributed by atoms with E-state index >= 15 is 0 Å². The number of amides is 1. The van der Waals surface area contributed by atoms with E-state index in [4.69, 9.17) is 11.6 Å². The van der Waals surface area contributed by atoms with Crippen LogP contribution in [0.4, 0.5) is 10.1 Å². The molecule has 1 aromatic heterocycles. The standard InChI is InChI=1S/C12H7ClFIN2O/c13-11-4-2-8(6-16-11)17-12(18)9-5-7(14)1-3-10(9)15/h1-6H,(H,17,18). The highest BCUT2D eigenvalue weighted by Gasteiger charge is 2.11. The van der Waals surface area contributed by atoms with Crippen LogP contribution in [0.2, 0.25) is 5.15 Å². The van der Waals surface area contributed by atoms with Crippen molar-refractivity contribution in [2.75, 3.05) is 5.32 Å². The molecule has 2 aromatic rings. The van der Waals surface area contributed by atoms with Crippen LogP contribution in [0, 0.1) is 9.39 Å². The van der Waals surface area contributed by atoms with Crippen molar-refractivity contribution >= 4 is 45.8 Å². The van der Waals surface area contributed by atoms with E-state index < -0.39 is 5.82 Å². The highest BCUT2D eigenvalue weighted by Crippen LogP contribution is 2.16. The molecule has 1 heterocycles. The largest absolute Gasteiger partial charge is 0.321 e. The molecule has 0 spiro atoms. The highest BCUT2D eigenvalue weighted by molar-refractivity contribution is 14.1. The second-order valence-corrected chi connectivity index (χ2v) is 5.00. The fourth-order valence-corrected chi connectivity index (χ4v) is 2.01. The summed E-state index contributed by atoms with van der Waals surface area (Å²) in [7, 11) is 0. The molecule has 92 valence electrons. The van der Waals surface area contributed by atoms with Gasteiger partial charge in [0.05, 0.1) is 17.4 Å². The minimum atomic E-state index is -0.449. The molecule has 0 atom stereocenters. The molecule has 0 saturated heterocycles. The Bertz CT molecular complexity index is 589. The lowest BCUT2D eigenvalue weighted by Gasteiger charge is -2.06. The van der Waals surface area contributed by atoms with Crippen molar-refractivity contribution in [2.45, 2.75) is 0 Å². The Morgan fingerprint density at radius 3 is 2.78 bits per heavy atom. The minimum Gasteiger partial charge on any atom is -0.321 e. The third kappa shape index (κ3) is 3.17. The molecule has 0 aliphatic heterocycles. The number of carbonyl (C=O) groups excluding carboxylic acids is 1. The Balaban J connectivity index is 2.21. The summed E-state index contributed by atoms with van der Waals surface area (Å²) < 4.78 is 13.8. The molecule has 0 aliphatic carbocycles. The first kappa shape index (κ1) is 13.2. The summed E-state index contributed by atoms with van der Waals surface area (Å²) in [6.45, 7) is 0. The van der Waals surface area contributed by atoms with Crippen molar-refractivity contribution < 1.29 is 9.18 Å². The van der Waals surface area contributed by atoms with Crippen LogP contribution in [0.25, 0.3) is 0 Å². The molecule has 6 heteroatoms. The zero-order chi connectivity index (χ0) is 13.1. The van der Waals surface area contributed by atoms with E-state index in [-0.39, 0.29) is 11.5 Å². The average Bonchev–Trinajstić information content (AvgIpc) is 2.35. The fraction of sp³-hybridized carbons (Fsp3) is 0. The molecule has 0 bridgehead atoms. The zero-order valence-corrected chi connectivity index (χ0v) is 11.9. The van der Waals surface area contributed by atoms with Gasteiger partial charge in [0.1, 0.15) is 11.0 Å². The van der Waals surface area contributed by atoms with Crippen LogP contribution in [0.1, 0.15) is 10.4 Å². The Labute approximate surface area is 122 Å². The SMILES string of the molecule is O=C(Nc1ccc(Cl)nc1)c1cc(F)ccc1I. The van der Waals surface area contributed by atoms with Crippen LogP contribution in [-0.4, -0.2) is 10.9 Å². The van der Waals surface area contributed by atoms with Gasteiger partial charge in [0.25, 0.3) is 5.91 Å². The van der Waals surface area contributed by atoms with Gasteiger partial charge >= 0.3 is 0 Å². The first-order valence-corrected chi connectivity index (χ1v) is 6.40. The number of hydrogen-bond donors (Lipinski definition) is 1. The van der Waals surface area contributed by atoms with Gasteiger partial charge < -0.3 is 5.32 Å². The lowest BCUT2D eigenvalue weighted by Crippen LogP contribution is -2.13. The Morgan fingerprint density at radius 2 is 2.11 bits per heavy atom. The predicted octanol–water partition coefficient (Wildman–Crippen LogP) is 3.73. The smallest absolute Gasteiger partial charge is 0.256 e. The predicted molar refractivity (Wildman–Crippen MR) is 76.3 cm³/mol. The monoisotopic (exact) mass is 376 g/mol. The van der Waals surface area contributed by atoms with Gasteiger partial charge in [-0.2, -0.15) is 0 Å². The summed E-state index contributed by atoms with van der Waals surface area (Å²) in [6, 6.07) is 7.24. The number of nitrogens with zero attached hydrogens (tertiary/aromatic N) is 1. The Kier molecular flexibility index (Phi) is 4.13. The first-order chi connectivity index (χ1) is 8.56. The first-order valence-electron chi connectivity index (χ1n) is 4.94. The molecule has 0 radical (unpaired) electrons. The Morgan fingerprint density at radius 1 is 1.33 bits per heavy atom. The van der Waals surface area contributed by atoms with Crippen LogP contribution in [0.3, 0.4) is 0 Å². The molecule has 1 N–H and O–H groups in total. The number of nitrogens with one attached hydrogen (secondary N) is 1. The number of carbonyl (C=O) groups is 1. The highest BCUT2D eigenvalue weighted by atomic mass is 127. The lowest BCUT2D eigenvalue weighted by molar-refractivity contribution is 0.102. The fourth-order valence-electron chi connectivity index (χ4n) is 1.32. The number of pyridine rings is 1. The second-order valence-electron chi connectivity index (χ2n) is 3.45. The van der Waals surface area contributed by atoms with Crippen molar-refractivity contribution in [1.82, 2.24) is 4.98 Å². The van der Waals surface area contributed by atoms with Gasteiger partial charge in [-0.05, 0) is 52.9 Å². The summed E-state index contributed by atoms with van der Waals surface area (Å²) >= 11 is 7.61. The summed E-state index contributed by atoms with van der Waals surface area (Å²) in [5.74, 6) is -0.835. The van der Waals surface area contributed by atoms with Crippen molar-refractivity contribution in [3.63, 3.8) is 0 Å². The summed E-state index contributed by atoms with van der Waals surface area (Å²) in [6.07, 6.45) is 1.44. The van der Waals surface area contributed by atoms with E-state index in [1.807, 2.05) is 22.6 Å². The van der Waals surface area contributed by atoms with Crippen LogP contribution in [-0.2, 0) is 0 Å².